The zero-order valence-corrected chi connectivity index (χ0v) is 22.3. The van der Waals surface area contributed by atoms with Crippen LogP contribution >= 0.6 is 0 Å². The molecule has 0 atom stereocenters. The van der Waals surface area contributed by atoms with Gasteiger partial charge in [-0.05, 0) is 30.3 Å². The lowest BCUT2D eigenvalue weighted by atomic mass is 9.65. The molecule has 0 amide bonds. The van der Waals surface area contributed by atoms with Crippen LogP contribution in [0, 0.1) is 0 Å². The Hall–Kier alpha value is -5.30. The van der Waals surface area contributed by atoms with Crippen molar-refractivity contribution in [1.82, 2.24) is 0 Å². The number of cyclic esters (lactones) is 4. The van der Waals surface area contributed by atoms with Crippen LogP contribution in [0.25, 0.3) is 0 Å². The number of benzene rings is 3. The van der Waals surface area contributed by atoms with Crippen LogP contribution in [0.3, 0.4) is 0 Å². The Balaban J connectivity index is 1.63. The molecule has 0 fully saturated rings. The van der Waals surface area contributed by atoms with Crippen molar-refractivity contribution >= 4 is 23.9 Å². The van der Waals surface area contributed by atoms with Crippen molar-refractivity contribution in [2.75, 3.05) is 0 Å². The number of carbonyl (C=O) groups is 4. The minimum absolute atomic E-state index is 0.0809. The molecule has 0 unspecified atom stereocenters. The summed E-state index contributed by atoms with van der Waals surface area (Å²) in [4.78, 5) is 48.2. The van der Waals surface area contributed by atoms with Crippen LogP contribution in [0.15, 0.2) is 36.4 Å². The van der Waals surface area contributed by atoms with Gasteiger partial charge in [-0.25, -0.2) is 19.2 Å². The molecular formula is C28H6F12O8. The molecule has 20 heteroatoms. The van der Waals surface area contributed by atoms with E-state index in [0.29, 0.717) is 0 Å². The van der Waals surface area contributed by atoms with Crippen LogP contribution in [0.1, 0.15) is 63.7 Å². The van der Waals surface area contributed by atoms with Gasteiger partial charge in [0.25, 0.3) is 0 Å². The summed E-state index contributed by atoms with van der Waals surface area (Å²) in [5.74, 6) is -12.4. The minimum atomic E-state index is -6.63. The molecule has 48 heavy (non-hydrogen) atoms. The van der Waals surface area contributed by atoms with Gasteiger partial charge < -0.3 is 18.9 Å². The van der Waals surface area contributed by atoms with E-state index < -0.39 is 133 Å². The summed E-state index contributed by atoms with van der Waals surface area (Å²) in [6.45, 7) is 0. The molecule has 0 saturated carbocycles. The molecule has 0 aromatic heterocycles. The average Bonchev–Trinajstić information content (AvgIpc) is 3.36. The first-order valence-corrected chi connectivity index (χ1v) is 12.7. The third-order valence-electron chi connectivity index (χ3n) is 8.33. The van der Waals surface area contributed by atoms with E-state index in [2.05, 4.69) is 9.47 Å². The highest BCUT2D eigenvalue weighted by molar-refractivity contribution is 6.16. The maximum Gasteiger partial charge on any atom is 0.411 e. The van der Waals surface area contributed by atoms with Crippen molar-refractivity contribution in [2.45, 2.75) is 35.5 Å². The van der Waals surface area contributed by atoms with Crippen molar-refractivity contribution in [3.05, 3.63) is 80.9 Å². The number of hydrogen-bond donors (Lipinski definition) is 0. The number of rotatable bonds is 0. The first kappa shape index (κ1) is 31.3. The summed E-state index contributed by atoms with van der Waals surface area (Å²) in [5, 5.41) is 0. The van der Waals surface area contributed by atoms with Gasteiger partial charge in [-0.2, -0.15) is 52.7 Å². The Morgan fingerprint density at radius 3 is 0.896 bits per heavy atom. The second-order valence-corrected chi connectivity index (χ2v) is 10.7. The number of alkyl halides is 12. The number of halogens is 12. The Morgan fingerprint density at radius 2 is 0.604 bits per heavy atom. The van der Waals surface area contributed by atoms with Crippen molar-refractivity contribution in [2.24, 2.45) is 0 Å². The largest absolute Gasteiger partial charge is 0.457 e. The molecule has 7 rings (SSSR count). The molecule has 4 aliphatic heterocycles. The maximum atomic E-state index is 15.0. The molecular weight excluding hydrogens is 692 g/mol. The average molecular weight is 698 g/mol. The van der Waals surface area contributed by atoms with E-state index in [1.165, 1.54) is 0 Å². The van der Waals surface area contributed by atoms with Crippen LogP contribution in [0.5, 0.6) is 23.0 Å². The molecule has 8 nitrogen and oxygen atoms in total. The smallest absolute Gasteiger partial charge is 0.411 e. The number of carbonyl (C=O) groups excluding carboxylic acids is 4. The second kappa shape index (κ2) is 8.78. The van der Waals surface area contributed by atoms with E-state index in [1.807, 2.05) is 0 Å². The van der Waals surface area contributed by atoms with E-state index in [4.69, 9.17) is 9.47 Å². The zero-order valence-electron chi connectivity index (χ0n) is 22.3. The van der Waals surface area contributed by atoms with Gasteiger partial charge in [0.1, 0.15) is 23.0 Å². The monoisotopic (exact) mass is 698 g/mol. The molecule has 4 heterocycles. The van der Waals surface area contributed by atoms with E-state index in [0.717, 1.165) is 0 Å². The van der Waals surface area contributed by atoms with Gasteiger partial charge in [-0.1, -0.05) is 0 Å². The van der Waals surface area contributed by atoms with Gasteiger partial charge in [-0.3, -0.25) is 0 Å². The predicted molar refractivity (Wildman–Crippen MR) is 125 cm³/mol. The number of fused-ring (bicyclic) bond motifs is 6. The van der Waals surface area contributed by atoms with Gasteiger partial charge in [0.05, 0.1) is 22.3 Å². The number of esters is 4. The topological polar surface area (TPSA) is 105 Å². The Morgan fingerprint density at radius 1 is 0.354 bits per heavy atom. The summed E-state index contributed by atoms with van der Waals surface area (Å²) >= 11 is 0. The minimum Gasteiger partial charge on any atom is -0.457 e. The quantitative estimate of drug-likeness (QED) is 0.137. The van der Waals surface area contributed by atoms with Crippen molar-refractivity contribution in [3.63, 3.8) is 0 Å². The van der Waals surface area contributed by atoms with Gasteiger partial charge in [-0.15, -0.1) is 0 Å². The zero-order chi connectivity index (χ0) is 35.3. The number of ether oxygens (including phenoxy) is 4. The van der Waals surface area contributed by atoms with Crippen LogP contribution in [-0.2, 0) is 20.3 Å². The van der Waals surface area contributed by atoms with Crippen LogP contribution in [0.2, 0.25) is 0 Å². The van der Waals surface area contributed by atoms with Crippen LogP contribution in [0.4, 0.5) is 52.7 Å². The lowest BCUT2D eigenvalue weighted by Gasteiger charge is -2.45. The maximum absolute atomic E-state index is 15.0. The SMILES string of the molecule is O=C1OC(=O)c2cc3c(cc21)Oc1cc2c(cc1C3(C(F)(F)F)C(F)(F)F)C(C(F)(F)F)(C(F)(F)F)c1cc3c(cc1O2)C(=O)OC3=O. The van der Waals surface area contributed by atoms with E-state index >= 15 is 52.7 Å². The highest BCUT2D eigenvalue weighted by atomic mass is 19.4. The summed E-state index contributed by atoms with van der Waals surface area (Å²) in [5.41, 5.74) is -23.6. The fraction of sp³-hybridized carbons (Fsp3) is 0.214. The molecule has 0 N–H and O–H groups in total. The van der Waals surface area contributed by atoms with Gasteiger partial charge in [0.2, 0.25) is 10.8 Å². The van der Waals surface area contributed by atoms with Crippen LogP contribution < -0.4 is 9.47 Å². The third kappa shape index (κ3) is 3.54. The molecule has 3 aromatic rings. The van der Waals surface area contributed by atoms with Crippen molar-refractivity contribution < 1.29 is 90.8 Å². The number of hydrogen-bond acceptors (Lipinski definition) is 8. The molecule has 4 aliphatic rings. The summed E-state index contributed by atoms with van der Waals surface area (Å²) in [7, 11) is 0. The highest BCUT2D eigenvalue weighted by Crippen LogP contribution is 2.68. The van der Waals surface area contributed by atoms with Crippen molar-refractivity contribution in [3.8, 4) is 23.0 Å². The summed E-state index contributed by atoms with van der Waals surface area (Å²) in [6.07, 6.45) is -26.5. The first-order chi connectivity index (χ1) is 22.0. The lowest BCUT2D eigenvalue weighted by molar-refractivity contribution is -0.291. The molecule has 0 bridgehead atoms. The lowest BCUT2D eigenvalue weighted by Crippen LogP contribution is -2.58. The molecule has 250 valence electrons. The molecule has 3 aromatic carbocycles. The Kier molecular flexibility index (Phi) is 5.73. The third-order valence-corrected chi connectivity index (χ3v) is 8.33. The van der Waals surface area contributed by atoms with Crippen molar-refractivity contribution in [1.29, 1.82) is 0 Å². The van der Waals surface area contributed by atoms with E-state index in [-0.39, 0.29) is 30.3 Å². The van der Waals surface area contributed by atoms with Crippen LogP contribution in [-0.4, -0.2) is 48.6 Å². The summed E-state index contributed by atoms with van der Waals surface area (Å²) in [6, 6.07) is -0.414. The first-order valence-electron chi connectivity index (χ1n) is 12.7. The molecule has 0 saturated heterocycles. The Bertz CT molecular complexity index is 1900. The molecule has 0 radical (unpaired) electrons. The molecule has 0 aliphatic carbocycles. The fourth-order valence-corrected chi connectivity index (χ4v) is 6.36. The predicted octanol–water partition coefficient (Wildman–Crippen LogP) is 7.34. The normalized spacial score (nSPS) is 18.8. The Labute approximate surface area is 254 Å². The highest BCUT2D eigenvalue weighted by Gasteiger charge is 2.78. The van der Waals surface area contributed by atoms with E-state index in [9.17, 15) is 19.2 Å². The van der Waals surface area contributed by atoms with Gasteiger partial charge >= 0.3 is 48.6 Å². The van der Waals surface area contributed by atoms with Gasteiger partial charge in [0.15, 0.2) is 0 Å². The molecule has 0 spiro atoms. The standard InChI is InChI=1S/C28H6F12O8/c29-25(30,31)23(26(32,33)34)11-1-7-9(21(43)47-19(7)41)3-15(11)45-17-6-18-14(5-13(17)23)24(27(35,36)37,28(38,39)40)12-2-8-10(4-16(12)46-18)22(44)48-20(8)42/h1-6H. The van der Waals surface area contributed by atoms with Gasteiger partial charge in [0, 0.05) is 28.3 Å². The van der Waals surface area contributed by atoms with E-state index in [1.54, 1.807) is 0 Å². The fourth-order valence-electron chi connectivity index (χ4n) is 6.36. The second-order valence-electron chi connectivity index (χ2n) is 10.7. The summed E-state index contributed by atoms with van der Waals surface area (Å²) < 4.78 is 199.